The molecule has 142 heavy (non-hydrogen) atoms. The minimum Gasteiger partial charge on any atom is -0.458 e. The van der Waals surface area contributed by atoms with Crippen LogP contribution in [0.2, 0.25) is 0 Å². The molecule has 16 heteroatoms. The Morgan fingerprint density at radius 2 is 0.451 bits per heavy atom. The second-order valence-electron chi connectivity index (χ2n) is 37.0. The Morgan fingerprint density at radius 1 is 0.162 bits per heavy atom. The second kappa shape index (κ2) is 31.4. The van der Waals surface area contributed by atoms with Crippen molar-refractivity contribution in [1.29, 1.82) is 0 Å². The van der Waals surface area contributed by atoms with Gasteiger partial charge < -0.3 is 59.9 Å². The van der Waals surface area contributed by atoms with Gasteiger partial charge in [-0.1, -0.05) is 303 Å². The molecule has 0 aliphatic carbocycles. The van der Waals surface area contributed by atoms with E-state index in [9.17, 15) is 0 Å². The Morgan fingerprint density at radius 3 is 0.887 bits per heavy atom. The summed E-state index contributed by atoms with van der Waals surface area (Å²) in [5, 5.41) is 9.72. The molecular formula is C126H77B3N6O7. The molecule has 0 bridgehead atoms. The summed E-state index contributed by atoms with van der Waals surface area (Å²) >= 11 is 0. The predicted molar refractivity (Wildman–Crippen MR) is 581 cm³/mol. The Bertz CT molecular complexity index is 9900. The van der Waals surface area contributed by atoms with E-state index >= 15 is 0 Å². The summed E-state index contributed by atoms with van der Waals surface area (Å²) in [6, 6.07) is 164. The average Bonchev–Trinajstić information content (AvgIpc) is 1.52. The number of hydrogen-bond donors (Lipinski definition) is 0. The standard InChI is InChI=1S/C42H27BN2O3.2C42H25BN2O2/c1-3-13-28(14-4-1)43-31-17-7-10-20-37(31)46-40-27-30(23-24-32(40)43)45-34-19-9-12-22-39(34)48-42-36(45)26-25-35-41(42)47-38-21-11-8-18-33(38)44(35)29-15-5-2-6-16-29;1-2-12-26(13-3-1)44-34-19-9-5-15-30(34)40-35(44)23-22-29-28-14-4-8-18-33(28)45(42(29)40)27-24-38-41-39(25-27)47-37-21-11-7-17-32(37)43(41)31-16-6-10-20-36(31)46-38;1-2-12-26(13-3-1)44-34-18-8-4-14-28(34)30-22-23-31-29-15-5-9-19-35(29)45(42(31)41(30)44)27-24-38-40-39(25-27)47-37-21-11-7-17-33(37)43(40)32-16-6-10-20-36(32)46-38/h1-27H;2*1-25H. The molecule has 6 aromatic heterocycles. The van der Waals surface area contributed by atoms with Crippen LogP contribution < -0.4 is 72.8 Å². The van der Waals surface area contributed by atoms with Crippen molar-refractivity contribution in [3.8, 4) is 91.6 Å². The zero-order valence-corrected chi connectivity index (χ0v) is 76.2. The van der Waals surface area contributed by atoms with Gasteiger partial charge in [0.15, 0.2) is 22.3 Å². The molecule has 32 rings (SSSR count). The lowest BCUT2D eigenvalue weighted by Crippen LogP contribution is -2.57. The number of fused-ring (bicyclic) bond motifs is 29. The first-order chi connectivity index (χ1) is 70.5. The van der Waals surface area contributed by atoms with E-state index in [0.29, 0.717) is 11.2 Å². The smallest absolute Gasteiger partial charge is 0.260 e. The van der Waals surface area contributed by atoms with Crippen LogP contribution in [0, 0.1) is 0 Å². The zero-order chi connectivity index (χ0) is 92.9. The topological polar surface area (TPSA) is 102 Å². The van der Waals surface area contributed by atoms with E-state index in [2.05, 4.69) is 422 Å². The Balaban J connectivity index is 0.0000000996. The fourth-order valence-electron chi connectivity index (χ4n) is 23.5. The molecule has 5 aliphatic heterocycles. The first-order valence-corrected chi connectivity index (χ1v) is 48.3. The van der Waals surface area contributed by atoms with Crippen LogP contribution in [0.1, 0.15) is 0 Å². The number of ether oxygens (including phenoxy) is 5. The highest BCUT2D eigenvalue weighted by Gasteiger charge is 2.44. The molecular weight excluding hydrogens is 1740 g/mol. The Labute approximate surface area is 814 Å². The fraction of sp³-hybridized carbons (Fsp3) is 0. The van der Waals surface area contributed by atoms with Gasteiger partial charge in [-0.3, -0.25) is 0 Å². The maximum atomic E-state index is 6.74. The number of aromatic nitrogens is 6. The molecule has 662 valence electrons. The van der Waals surface area contributed by atoms with Crippen LogP contribution in [0.4, 0.5) is 0 Å². The van der Waals surface area contributed by atoms with E-state index in [1.165, 1.54) is 76.1 Å². The molecule has 5 aliphatic rings. The summed E-state index contributed by atoms with van der Waals surface area (Å²) in [4.78, 5) is 0. The average molecular weight is 1820 g/mol. The van der Waals surface area contributed by atoms with Crippen LogP contribution in [0.25, 0.3) is 166 Å². The van der Waals surface area contributed by atoms with Crippen molar-refractivity contribution in [3.63, 3.8) is 0 Å². The number of nitrogens with zero attached hydrogens (tertiary/aromatic N) is 6. The molecule has 0 spiro atoms. The molecule has 13 nitrogen and oxygen atoms in total. The van der Waals surface area contributed by atoms with Gasteiger partial charge in [0.1, 0.15) is 57.5 Å². The summed E-state index contributed by atoms with van der Waals surface area (Å²) in [7, 11) is 0. The minimum atomic E-state index is 0.0365. The van der Waals surface area contributed by atoms with Crippen LogP contribution in [0.5, 0.6) is 57.5 Å². The van der Waals surface area contributed by atoms with Crippen molar-refractivity contribution in [1.82, 2.24) is 27.4 Å². The van der Waals surface area contributed by atoms with Crippen LogP contribution in [-0.2, 0) is 0 Å². The van der Waals surface area contributed by atoms with Gasteiger partial charge in [-0.25, -0.2) is 0 Å². The first kappa shape index (κ1) is 79.4. The van der Waals surface area contributed by atoms with Crippen LogP contribution >= 0.6 is 0 Å². The third-order valence-corrected chi connectivity index (χ3v) is 29.4. The van der Waals surface area contributed by atoms with Crippen molar-refractivity contribution in [2.45, 2.75) is 0 Å². The lowest BCUT2D eigenvalue weighted by Gasteiger charge is -2.33. The lowest BCUT2D eigenvalue weighted by atomic mass is 9.35. The predicted octanol–water partition coefficient (Wildman–Crippen LogP) is 26.0. The highest BCUT2D eigenvalue weighted by molar-refractivity contribution is 6.99. The van der Waals surface area contributed by atoms with E-state index in [0.717, 1.165) is 185 Å². The molecule has 27 aromatic rings. The summed E-state index contributed by atoms with van der Waals surface area (Å²) in [6.07, 6.45) is 0. The summed E-state index contributed by atoms with van der Waals surface area (Å²) < 4.78 is 61.1. The van der Waals surface area contributed by atoms with E-state index in [1.54, 1.807) is 0 Å². The third kappa shape index (κ3) is 12.0. The summed E-state index contributed by atoms with van der Waals surface area (Å²) in [5.74, 6) is 8.60. The maximum absolute atomic E-state index is 6.74. The molecule has 0 radical (unpaired) electrons. The van der Waals surface area contributed by atoms with Crippen LogP contribution in [0.3, 0.4) is 0 Å². The summed E-state index contributed by atoms with van der Waals surface area (Å²) in [6.45, 7) is 0.140. The normalized spacial score (nSPS) is 12.7. The molecule has 0 atom stereocenters. The molecule has 0 unspecified atom stereocenters. The van der Waals surface area contributed by atoms with Crippen molar-refractivity contribution >= 4 is 201 Å². The quantitative estimate of drug-likeness (QED) is 0.0890. The number of hydrogen-bond acceptors (Lipinski definition) is 7. The van der Waals surface area contributed by atoms with Gasteiger partial charge in [-0.2, -0.15) is 0 Å². The van der Waals surface area contributed by atoms with Crippen molar-refractivity contribution in [3.05, 3.63) is 467 Å². The zero-order valence-electron chi connectivity index (χ0n) is 76.2. The molecule has 0 fully saturated rings. The van der Waals surface area contributed by atoms with Crippen molar-refractivity contribution < 1.29 is 32.5 Å². The molecule has 0 amide bonds. The van der Waals surface area contributed by atoms with Gasteiger partial charge in [0, 0.05) is 101 Å². The molecule has 0 saturated carbocycles. The van der Waals surface area contributed by atoms with Crippen molar-refractivity contribution in [2.75, 3.05) is 0 Å². The van der Waals surface area contributed by atoms with Crippen LogP contribution in [0.15, 0.2) is 476 Å². The van der Waals surface area contributed by atoms with Gasteiger partial charge in [-0.15, -0.1) is 0 Å². The van der Waals surface area contributed by atoms with Gasteiger partial charge in [0.25, 0.3) is 20.1 Å². The maximum Gasteiger partial charge on any atom is 0.260 e. The first-order valence-electron chi connectivity index (χ1n) is 48.3. The lowest BCUT2D eigenvalue weighted by molar-refractivity contribution is 0.463. The third-order valence-electron chi connectivity index (χ3n) is 29.4. The Hall–Kier alpha value is -18.8. The molecule has 0 N–H and O–H groups in total. The minimum absolute atomic E-state index is 0.0365. The Kier molecular flexibility index (Phi) is 17.6. The fourth-order valence-corrected chi connectivity index (χ4v) is 23.5. The van der Waals surface area contributed by atoms with Gasteiger partial charge in [-0.05, 0) is 172 Å². The van der Waals surface area contributed by atoms with Gasteiger partial charge >= 0.3 is 0 Å². The molecule has 0 saturated heterocycles. The molecule has 21 aromatic carbocycles. The van der Waals surface area contributed by atoms with E-state index in [1.807, 2.05) is 72.8 Å². The largest absolute Gasteiger partial charge is 0.458 e. The van der Waals surface area contributed by atoms with E-state index < -0.39 is 0 Å². The monoisotopic (exact) mass is 1820 g/mol. The van der Waals surface area contributed by atoms with E-state index in [-0.39, 0.29) is 20.1 Å². The second-order valence-corrected chi connectivity index (χ2v) is 37.0. The van der Waals surface area contributed by atoms with Gasteiger partial charge in [0.05, 0.1) is 83.3 Å². The van der Waals surface area contributed by atoms with Crippen molar-refractivity contribution in [2.24, 2.45) is 0 Å². The number of para-hydroxylation sites is 16. The molecule has 11 heterocycles. The highest BCUT2D eigenvalue weighted by Crippen LogP contribution is 2.49. The van der Waals surface area contributed by atoms with Gasteiger partial charge in [0.2, 0.25) is 0 Å². The number of rotatable bonds is 7. The number of benzene rings is 21. The highest BCUT2D eigenvalue weighted by atomic mass is 16.5. The van der Waals surface area contributed by atoms with Crippen LogP contribution in [-0.4, -0.2) is 47.5 Å². The van der Waals surface area contributed by atoms with E-state index in [4.69, 9.17) is 32.5 Å². The summed E-state index contributed by atoms with van der Waals surface area (Å²) in [5.41, 5.74) is 32.5. The SMILES string of the molecule is c1ccc(-n2c3ccccc3c3c2ccc2c4ccccc4n(-c4cc5c6c(c4)Oc4ccccc4B6c4ccccc4O5)c23)cc1.c1ccc(-n2c3ccccc3c3ccc4c5ccccc5n(-c5cc6c7c(c5)Oc5ccccc5B7c5ccccc5O6)c4c32)cc1.c1ccc(B2c3ccccc3Oc3cc(-n4c5ccccc5oc5c6oc7ccccc7n(-c7ccccc7)c6ccc54)ccc32)cc1.